The third-order valence-electron chi connectivity index (χ3n) is 3.08. The Labute approximate surface area is 153 Å². The topological polar surface area (TPSA) is 146 Å². The molecule has 5 N–H and O–H groups in total. The number of hydrogen-bond donors (Lipinski definition) is 5. The number of ether oxygens (including phenoxy) is 2. The van der Waals surface area contributed by atoms with E-state index in [1.807, 2.05) is 0 Å². The first-order chi connectivity index (χ1) is 10.2. The molecule has 0 bridgehead atoms. The maximum atomic E-state index is 11.9. The largest absolute Gasteiger partial charge is 0.411 e. The van der Waals surface area contributed by atoms with Crippen molar-refractivity contribution in [2.75, 3.05) is 11.5 Å². The van der Waals surface area contributed by atoms with Crippen LogP contribution in [-0.2, 0) is 19.1 Å². The summed E-state index contributed by atoms with van der Waals surface area (Å²) in [5, 5.41) is 41.9. The number of carbonyl (C=O) groups is 2. The second-order valence-corrected chi connectivity index (χ2v) is 7.06. The van der Waals surface area contributed by atoms with Gasteiger partial charge in [0.2, 0.25) is 0 Å². The van der Waals surface area contributed by atoms with Gasteiger partial charge in [-0.2, -0.15) is 0 Å². The SMILES string of the molecule is CNC1CC(=O)OC(I)(C(O)C(O)C(O)C(O)CI)OC1=O. The zero-order valence-corrected chi connectivity index (χ0v) is 15.8. The molecule has 11 heteroatoms. The van der Waals surface area contributed by atoms with Crippen molar-refractivity contribution in [2.45, 2.75) is 40.7 Å². The van der Waals surface area contributed by atoms with E-state index in [2.05, 4.69) is 5.32 Å². The van der Waals surface area contributed by atoms with Crippen LogP contribution in [0, 0.1) is 0 Å². The van der Waals surface area contributed by atoms with Gasteiger partial charge >= 0.3 is 15.7 Å². The molecule has 0 spiro atoms. The molecule has 1 saturated heterocycles. The lowest BCUT2D eigenvalue weighted by atomic mass is 10.0. The van der Waals surface area contributed by atoms with E-state index in [9.17, 15) is 30.0 Å². The van der Waals surface area contributed by atoms with Crippen molar-refractivity contribution in [1.29, 1.82) is 0 Å². The van der Waals surface area contributed by atoms with Crippen molar-refractivity contribution >= 4 is 57.1 Å². The van der Waals surface area contributed by atoms with Crippen LogP contribution in [0.15, 0.2) is 0 Å². The molecule has 0 saturated carbocycles. The second-order valence-electron chi connectivity index (χ2n) is 4.67. The Kier molecular flexibility index (Phi) is 7.68. The van der Waals surface area contributed by atoms with Crippen LogP contribution in [-0.4, -0.2) is 78.1 Å². The highest BCUT2D eigenvalue weighted by Gasteiger charge is 2.52. The molecule has 0 aromatic rings. The number of carbonyl (C=O) groups excluding carboxylic acids is 2. The molecular formula is C11H17I2NO8. The fourth-order valence-electron chi connectivity index (χ4n) is 1.73. The molecule has 0 aromatic heterocycles. The molecule has 6 atom stereocenters. The van der Waals surface area contributed by atoms with Crippen LogP contribution in [0.25, 0.3) is 0 Å². The van der Waals surface area contributed by atoms with E-state index in [0.717, 1.165) is 0 Å². The second kappa shape index (κ2) is 8.34. The molecule has 0 aromatic carbocycles. The summed E-state index contributed by atoms with van der Waals surface area (Å²) in [4.78, 5) is 23.6. The first-order valence-electron chi connectivity index (χ1n) is 6.25. The van der Waals surface area contributed by atoms with Crippen LogP contribution in [0.3, 0.4) is 0 Å². The Morgan fingerprint density at radius 2 is 1.86 bits per heavy atom. The molecule has 22 heavy (non-hydrogen) atoms. The molecule has 0 amide bonds. The molecule has 1 heterocycles. The van der Waals surface area contributed by atoms with E-state index in [0.29, 0.717) is 0 Å². The smallest absolute Gasteiger partial charge is 0.336 e. The first kappa shape index (κ1) is 20.2. The van der Waals surface area contributed by atoms with Gasteiger partial charge in [0.1, 0.15) is 18.2 Å². The van der Waals surface area contributed by atoms with Crippen molar-refractivity contribution in [3.05, 3.63) is 0 Å². The third kappa shape index (κ3) is 4.61. The molecule has 1 rings (SSSR count). The molecule has 1 fully saturated rings. The van der Waals surface area contributed by atoms with E-state index in [1.54, 1.807) is 22.6 Å². The fraction of sp³-hybridized carbons (Fsp3) is 0.818. The Bertz CT molecular complexity index is 425. The van der Waals surface area contributed by atoms with Gasteiger partial charge in [0, 0.05) is 27.0 Å². The van der Waals surface area contributed by atoms with E-state index < -0.39 is 46.2 Å². The van der Waals surface area contributed by atoms with Gasteiger partial charge in [0.25, 0.3) is 0 Å². The minimum absolute atomic E-state index is 0.0956. The molecule has 6 unspecified atom stereocenters. The third-order valence-corrected chi connectivity index (χ3v) is 5.06. The summed E-state index contributed by atoms with van der Waals surface area (Å²) in [7, 11) is 1.45. The first-order valence-corrected chi connectivity index (χ1v) is 8.85. The number of nitrogens with one attached hydrogen (secondary N) is 1. The van der Waals surface area contributed by atoms with E-state index in [4.69, 9.17) is 9.47 Å². The van der Waals surface area contributed by atoms with Crippen LogP contribution in [0.4, 0.5) is 0 Å². The van der Waals surface area contributed by atoms with Gasteiger partial charge in [-0.25, -0.2) is 0 Å². The van der Waals surface area contributed by atoms with Crippen molar-refractivity contribution in [3.8, 4) is 0 Å². The van der Waals surface area contributed by atoms with Crippen molar-refractivity contribution in [2.24, 2.45) is 0 Å². The lowest BCUT2D eigenvalue weighted by Crippen LogP contribution is -2.56. The number of likely N-dealkylation sites (N-methyl/N-ethyl adjacent to an activating group) is 1. The average molecular weight is 545 g/mol. The Morgan fingerprint density at radius 3 is 2.36 bits per heavy atom. The normalized spacial score (nSPS) is 31.5. The van der Waals surface area contributed by atoms with Crippen LogP contribution in [0.2, 0.25) is 0 Å². The number of cyclic esters (lactones) is 2. The number of halogens is 2. The van der Waals surface area contributed by atoms with Gasteiger partial charge < -0.3 is 35.2 Å². The summed E-state index contributed by atoms with van der Waals surface area (Å²) in [5.41, 5.74) is 0. The van der Waals surface area contributed by atoms with E-state index in [-0.39, 0.29) is 10.8 Å². The number of hydrogen-bond acceptors (Lipinski definition) is 9. The van der Waals surface area contributed by atoms with Crippen LogP contribution in [0.5, 0.6) is 0 Å². The highest BCUT2D eigenvalue weighted by Crippen LogP contribution is 2.33. The van der Waals surface area contributed by atoms with Crippen LogP contribution < -0.4 is 5.32 Å². The number of aliphatic hydroxyl groups is 4. The minimum Gasteiger partial charge on any atom is -0.411 e. The Morgan fingerprint density at radius 1 is 1.27 bits per heavy atom. The quantitative estimate of drug-likeness (QED) is 0.146. The summed E-state index contributed by atoms with van der Waals surface area (Å²) in [5.74, 6) is -1.67. The molecule has 1 aliphatic heterocycles. The zero-order valence-electron chi connectivity index (χ0n) is 11.5. The zero-order chi connectivity index (χ0) is 17.1. The lowest BCUT2D eigenvalue weighted by molar-refractivity contribution is -0.229. The predicted molar refractivity (Wildman–Crippen MR) is 89.3 cm³/mol. The summed E-state index contributed by atoms with van der Waals surface area (Å²) < 4.78 is 7.75. The Balaban J connectivity index is 2.95. The van der Waals surface area contributed by atoms with Gasteiger partial charge in [0.15, 0.2) is 6.10 Å². The molecule has 128 valence electrons. The Hall–Kier alpha value is 0.200. The summed E-state index contributed by atoms with van der Waals surface area (Å²) >= 11 is 3.14. The number of esters is 2. The standard InChI is InChI=1S/C11H17I2NO8/c1-14-4-2-6(16)21-11(13,22-10(4)20)9(19)8(18)7(17)5(15)3-12/h4-5,7-9,14-15,17-19H,2-3H2,1H3. The number of aliphatic hydroxyl groups excluding tert-OH is 4. The molecule has 0 aliphatic carbocycles. The van der Waals surface area contributed by atoms with Crippen molar-refractivity contribution in [3.63, 3.8) is 0 Å². The molecular weight excluding hydrogens is 528 g/mol. The highest BCUT2D eigenvalue weighted by molar-refractivity contribution is 14.1. The number of rotatable bonds is 6. The van der Waals surface area contributed by atoms with E-state index in [1.165, 1.54) is 29.6 Å². The molecule has 1 aliphatic rings. The maximum absolute atomic E-state index is 11.9. The van der Waals surface area contributed by atoms with Gasteiger partial charge in [0.05, 0.1) is 12.5 Å². The number of alkyl halides is 2. The van der Waals surface area contributed by atoms with Gasteiger partial charge in [-0.3, -0.25) is 9.59 Å². The fourth-order valence-corrected chi connectivity index (χ4v) is 3.08. The van der Waals surface area contributed by atoms with Crippen LogP contribution in [0.1, 0.15) is 6.42 Å². The molecule has 9 nitrogen and oxygen atoms in total. The lowest BCUT2D eigenvalue weighted by Gasteiger charge is -2.34. The maximum Gasteiger partial charge on any atom is 0.336 e. The molecule has 0 radical (unpaired) electrons. The van der Waals surface area contributed by atoms with Gasteiger partial charge in [-0.15, -0.1) is 0 Å². The summed E-state index contributed by atoms with van der Waals surface area (Å²) in [6.45, 7) is 0. The monoisotopic (exact) mass is 545 g/mol. The average Bonchev–Trinajstić information content (AvgIpc) is 2.59. The summed E-state index contributed by atoms with van der Waals surface area (Å²) in [6.07, 6.45) is -7.17. The van der Waals surface area contributed by atoms with Crippen molar-refractivity contribution in [1.82, 2.24) is 5.32 Å². The van der Waals surface area contributed by atoms with Gasteiger partial charge in [-0.1, -0.05) is 22.6 Å². The highest BCUT2D eigenvalue weighted by atomic mass is 127. The van der Waals surface area contributed by atoms with Crippen LogP contribution >= 0.6 is 45.2 Å². The summed E-state index contributed by atoms with van der Waals surface area (Å²) in [6, 6.07) is -0.946. The van der Waals surface area contributed by atoms with Gasteiger partial charge in [-0.05, 0) is 7.05 Å². The minimum atomic E-state index is -2.21. The van der Waals surface area contributed by atoms with Crippen molar-refractivity contribution < 1.29 is 39.5 Å². The van der Waals surface area contributed by atoms with E-state index >= 15 is 0 Å². The predicted octanol–water partition coefficient (Wildman–Crippen LogP) is -1.97.